The Morgan fingerprint density at radius 1 is 1.19 bits per heavy atom. The maximum absolute atomic E-state index is 13.9. The minimum absolute atomic E-state index is 0.267. The van der Waals surface area contributed by atoms with Gasteiger partial charge in [-0.25, -0.2) is 14.1 Å². The van der Waals surface area contributed by atoms with Crippen molar-refractivity contribution in [2.75, 3.05) is 0 Å². The minimum Gasteiger partial charge on any atom is -0.390 e. The van der Waals surface area contributed by atoms with Gasteiger partial charge in [-0.15, -0.1) is 0 Å². The van der Waals surface area contributed by atoms with E-state index in [-0.39, 0.29) is 12.1 Å². The zero-order valence-electron chi connectivity index (χ0n) is 16.1. The molecule has 0 bridgehead atoms. The molecule has 27 heavy (non-hydrogen) atoms. The van der Waals surface area contributed by atoms with E-state index < -0.39 is 5.60 Å². The lowest BCUT2D eigenvalue weighted by atomic mass is 9.77. The van der Waals surface area contributed by atoms with Crippen LogP contribution in [0.2, 0.25) is 0 Å². The van der Waals surface area contributed by atoms with Crippen LogP contribution in [0.15, 0.2) is 35.5 Å². The Hall–Kier alpha value is -2.21. The van der Waals surface area contributed by atoms with E-state index in [9.17, 15) is 9.50 Å². The van der Waals surface area contributed by atoms with E-state index in [0.29, 0.717) is 12.0 Å². The van der Waals surface area contributed by atoms with E-state index in [2.05, 4.69) is 21.2 Å². The van der Waals surface area contributed by atoms with Crippen molar-refractivity contribution in [1.82, 2.24) is 14.7 Å². The molecule has 1 N–H and O–H groups in total. The summed E-state index contributed by atoms with van der Waals surface area (Å²) in [4.78, 5) is 6.89. The summed E-state index contributed by atoms with van der Waals surface area (Å²) < 4.78 is 15.7. The smallest absolute Gasteiger partial charge is 0.218 e. The van der Waals surface area contributed by atoms with Crippen LogP contribution in [0.3, 0.4) is 0 Å². The van der Waals surface area contributed by atoms with Crippen molar-refractivity contribution < 1.29 is 9.50 Å². The fraction of sp³-hybridized carbons (Fsp3) is 0.524. The molecule has 6 heteroatoms. The van der Waals surface area contributed by atoms with Gasteiger partial charge in [0.15, 0.2) is 0 Å². The third-order valence-electron chi connectivity index (χ3n) is 6.02. The first kappa shape index (κ1) is 18.2. The standard InChI is InChI=1S/C21H27FN4O/c1-14-18-10-7-16(22)13-19(18)26(24-14)20-23-11-4-12-25(20)17-8-5-15(6-9-17)21(2,3)27/h4,7,10-13,15,17,20,27H,5-6,8-9H2,1-3H3. The first-order chi connectivity index (χ1) is 12.8. The average molecular weight is 370 g/mol. The highest BCUT2D eigenvalue weighted by Gasteiger charge is 2.35. The molecule has 5 nitrogen and oxygen atoms in total. The van der Waals surface area contributed by atoms with Crippen molar-refractivity contribution >= 4 is 17.1 Å². The third-order valence-corrected chi connectivity index (χ3v) is 6.02. The molecule has 2 aromatic rings. The molecule has 2 heterocycles. The number of fused-ring (bicyclic) bond motifs is 1. The largest absolute Gasteiger partial charge is 0.390 e. The maximum Gasteiger partial charge on any atom is 0.218 e. The number of aliphatic imine (C=N–C) groups is 1. The fourth-order valence-corrected chi connectivity index (χ4v) is 4.44. The van der Waals surface area contributed by atoms with Gasteiger partial charge >= 0.3 is 0 Å². The number of rotatable bonds is 3. The molecule has 1 aliphatic heterocycles. The Bertz CT molecular complexity index is 887. The van der Waals surface area contributed by atoms with E-state index >= 15 is 0 Å². The second-order valence-corrected chi connectivity index (χ2v) is 8.28. The first-order valence-corrected chi connectivity index (χ1v) is 9.69. The van der Waals surface area contributed by atoms with Gasteiger partial charge in [0, 0.05) is 23.8 Å². The summed E-state index contributed by atoms with van der Waals surface area (Å²) in [5.41, 5.74) is 1.01. The third kappa shape index (κ3) is 3.38. The Morgan fingerprint density at radius 3 is 2.63 bits per heavy atom. The molecule has 1 aliphatic carbocycles. The van der Waals surface area contributed by atoms with Crippen molar-refractivity contribution in [1.29, 1.82) is 0 Å². The van der Waals surface area contributed by atoms with E-state index in [1.54, 1.807) is 12.3 Å². The van der Waals surface area contributed by atoms with Crippen LogP contribution >= 0.6 is 0 Å². The normalized spacial score (nSPS) is 26.1. The fourth-order valence-electron chi connectivity index (χ4n) is 4.44. The molecule has 1 fully saturated rings. The number of aryl methyl sites for hydroxylation is 1. The molecule has 1 aromatic heterocycles. The zero-order valence-corrected chi connectivity index (χ0v) is 16.1. The Balaban J connectivity index is 1.63. The van der Waals surface area contributed by atoms with E-state index in [0.717, 1.165) is 42.3 Å². The maximum atomic E-state index is 13.9. The molecular formula is C21H27FN4O. The average Bonchev–Trinajstić information content (AvgIpc) is 2.97. The van der Waals surface area contributed by atoms with Gasteiger partial charge in [-0.2, -0.15) is 5.10 Å². The lowest BCUT2D eigenvalue weighted by Gasteiger charge is -2.42. The van der Waals surface area contributed by atoms with Gasteiger partial charge in [-0.1, -0.05) is 0 Å². The number of aliphatic hydroxyl groups is 1. The predicted molar refractivity (Wildman–Crippen MR) is 105 cm³/mol. The van der Waals surface area contributed by atoms with Crippen LogP contribution in [0.5, 0.6) is 0 Å². The second kappa shape index (κ2) is 6.75. The Kier molecular flexibility index (Phi) is 4.54. The van der Waals surface area contributed by atoms with Gasteiger partial charge in [0.2, 0.25) is 6.29 Å². The summed E-state index contributed by atoms with van der Waals surface area (Å²) in [5, 5.41) is 15.9. The summed E-state index contributed by atoms with van der Waals surface area (Å²) >= 11 is 0. The van der Waals surface area contributed by atoms with Crippen LogP contribution < -0.4 is 0 Å². The van der Waals surface area contributed by atoms with Crippen molar-refractivity contribution in [3.8, 4) is 0 Å². The Morgan fingerprint density at radius 2 is 1.93 bits per heavy atom. The van der Waals surface area contributed by atoms with Crippen LogP contribution in [0, 0.1) is 18.7 Å². The lowest BCUT2D eigenvalue weighted by molar-refractivity contribution is -0.0144. The lowest BCUT2D eigenvalue weighted by Crippen LogP contribution is -2.43. The van der Waals surface area contributed by atoms with E-state index in [1.165, 1.54) is 12.1 Å². The number of nitrogens with zero attached hydrogens (tertiary/aromatic N) is 4. The highest BCUT2D eigenvalue weighted by Crippen LogP contribution is 2.37. The molecule has 0 amide bonds. The number of hydrogen-bond donors (Lipinski definition) is 1. The van der Waals surface area contributed by atoms with Crippen LogP contribution in [0.25, 0.3) is 10.9 Å². The summed E-state index contributed by atoms with van der Waals surface area (Å²) in [5.74, 6) is 0.0579. The van der Waals surface area contributed by atoms with Crippen LogP contribution in [0.1, 0.15) is 51.5 Å². The zero-order chi connectivity index (χ0) is 19.2. The molecule has 0 spiro atoms. The van der Waals surface area contributed by atoms with Gasteiger partial charge in [0.25, 0.3) is 0 Å². The molecule has 1 atom stereocenters. The molecule has 144 valence electrons. The van der Waals surface area contributed by atoms with Crippen molar-refractivity contribution in [3.63, 3.8) is 0 Å². The molecule has 1 saturated carbocycles. The molecule has 0 radical (unpaired) electrons. The topological polar surface area (TPSA) is 53.7 Å². The quantitative estimate of drug-likeness (QED) is 0.882. The number of aromatic nitrogens is 2. The van der Waals surface area contributed by atoms with Crippen molar-refractivity contribution in [2.24, 2.45) is 10.9 Å². The number of halogens is 1. The minimum atomic E-state index is -0.632. The van der Waals surface area contributed by atoms with Gasteiger partial charge in [0.05, 0.1) is 16.8 Å². The van der Waals surface area contributed by atoms with Gasteiger partial charge in [-0.3, -0.25) is 0 Å². The van der Waals surface area contributed by atoms with Gasteiger partial charge < -0.3 is 10.0 Å². The number of allylic oxidation sites excluding steroid dienone is 1. The van der Waals surface area contributed by atoms with Gasteiger partial charge in [-0.05, 0) is 76.6 Å². The molecule has 1 unspecified atom stereocenters. The number of hydrogen-bond acceptors (Lipinski definition) is 4. The SMILES string of the molecule is Cc1nn(C2N=CC=CN2C2CCC(C(C)(C)O)CC2)c2cc(F)ccc12. The van der Waals surface area contributed by atoms with Crippen molar-refractivity contribution in [2.45, 2.75) is 64.4 Å². The molecular weight excluding hydrogens is 343 g/mol. The summed E-state index contributed by atoms with van der Waals surface area (Å²) in [7, 11) is 0. The van der Waals surface area contributed by atoms with Crippen LogP contribution in [-0.4, -0.2) is 37.6 Å². The van der Waals surface area contributed by atoms with E-state index in [1.807, 2.05) is 31.5 Å². The van der Waals surface area contributed by atoms with E-state index in [4.69, 9.17) is 0 Å². The van der Waals surface area contributed by atoms with Crippen molar-refractivity contribution in [3.05, 3.63) is 42.0 Å². The summed E-state index contributed by atoms with van der Waals surface area (Å²) in [6.45, 7) is 5.75. The highest BCUT2D eigenvalue weighted by molar-refractivity contribution is 5.82. The molecule has 0 saturated heterocycles. The molecule has 1 aromatic carbocycles. The van der Waals surface area contributed by atoms with Gasteiger partial charge in [0.1, 0.15) is 5.82 Å². The highest BCUT2D eigenvalue weighted by atomic mass is 19.1. The molecule has 2 aliphatic rings. The number of benzene rings is 1. The Labute approximate surface area is 159 Å². The second-order valence-electron chi connectivity index (χ2n) is 8.28. The van der Waals surface area contributed by atoms with Crippen LogP contribution in [-0.2, 0) is 0 Å². The molecule has 4 rings (SSSR count). The summed E-state index contributed by atoms with van der Waals surface area (Å²) in [6.07, 6.45) is 9.45. The monoisotopic (exact) mass is 370 g/mol. The van der Waals surface area contributed by atoms with Crippen LogP contribution in [0.4, 0.5) is 4.39 Å². The first-order valence-electron chi connectivity index (χ1n) is 9.69. The predicted octanol–water partition coefficient (Wildman–Crippen LogP) is 4.17. The summed E-state index contributed by atoms with van der Waals surface area (Å²) in [6, 6.07) is 5.12.